The van der Waals surface area contributed by atoms with Crippen molar-refractivity contribution in [3.05, 3.63) is 71.7 Å². The van der Waals surface area contributed by atoms with Crippen LogP contribution in [0, 0.1) is 12.7 Å². The van der Waals surface area contributed by atoms with E-state index < -0.39 is 0 Å². The van der Waals surface area contributed by atoms with Crippen molar-refractivity contribution in [1.82, 2.24) is 9.47 Å². The van der Waals surface area contributed by atoms with Crippen LogP contribution < -0.4 is 4.74 Å². The zero-order valence-corrected chi connectivity index (χ0v) is 18.3. The van der Waals surface area contributed by atoms with Gasteiger partial charge in [0.1, 0.15) is 11.6 Å². The lowest BCUT2D eigenvalue weighted by molar-refractivity contribution is -0.0586. The van der Waals surface area contributed by atoms with Crippen molar-refractivity contribution in [2.24, 2.45) is 0 Å². The van der Waals surface area contributed by atoms with Gasteiger partial charge in [0.05, 0.1) is 36.3 Å². The first kappa shape index (κ1) is 21.1. The van der Waals surface area contributed by atoms with Crippen LogP contribution >= 0.6 is 0 Å². The second-order valence-corrected chi connectivity index (χ2v) is 8.01. The van der Waals surface area contributed by atoms with Gasteiger partial charge in [0.15, 0.2) is 0 Å². The number of aromatic nitrogens is 1. The van der Waals surface area contributed by atoms with Gasteiger partial charge >= 0.3 is 0 Å². The van der Waals surface area contributed by atoms with Crippen LogP contribution in [0.2, 0.25) is 0 Å². The molecule has 0 saturated carbocycles. The number of amides is 1. The topological polar surface area (TPSA) is 43.7 Å². The van der Waals surface area contributed by atoms with Crippen LogP contribution in [0.5, 0.6) is 5.75 Å². The molecule has 5 nitrogen and oxygen atoms in total. The molecular weight excluding hydrogens is 395 g/mol. The smallest absolute Gasteiger partial charge is 0.255 e. The third kappa shape index (κ3) is 4.08. The number of nitrogens with zero attached hydrogens (tertiary/aromatic N) is 2. The van der Waals surface area contributed by atoms with Crippen LogP contribution in [0.4, 0.5) is 4.39 Å². The van der Waals surface area contributed by atoms with Crippen molar-refractivity contribution < 1.29 is 18.7 Å². The van der Waals surface area contributed by atoms with Crippen molar-refractivity contribution in [3.63, 3.8) is 0 Å². The Labute approximate surface area is 182 Å². The molecule has 1 aliphatic rings. The Bertz CT molecular complexity index is 1100. The second kappa shape index (κ2) is 8.55. The van der Waals surface area contributed by atoms with Crippen LogP contribution in [0.25, 0.3) is 16.9 Å². The van der Waals surface area contributed by atoms with E-state index in [-0.39, 0.29) is 23.9 Å². The largest absolute Gasteiger partial charge is 0.497 e. The average Bonchev–Trinajstić information content (AvgIpc) is 3.10. The standard InChI is InChI=1S/C25H27FN2O3/c1-16-14-27(15-17(2)31-16)25(29)21-13-24(19-8-7-9-20(12-19)30-4)28(18(21)3)23-11-6-5-10-22(23)26/h5-13,16-17H,14-15H2,1-4H3/t16-,17+. The summed E-state index contributed by atoms with van der Waals surface area (Å²) in [6.07, 6.45) is -0.0565. The Morgan fingerprint density at radius 2 is 1.77 bits per heavy atom. The number of hydrogen-bond donors (Lipinski definition) is 0. The molecule has 1 aromatic heterocycles. The molecule has 0 radical (unpaired) electrons. The van der Waals surface area contributed by atoms with E-state index in [4.69, 9.17) is 9.47 Å². The minimum Gasteiger partial charge on any atom is -0.497 e. The second-order valence-electron chi connectivity index (χ2n) is 8.01. The summed E-state index contributed by atoms with van der Waals surface area (Å²) in [5.41, 5.74) is 3.23. The average molecular weight is 423 g/mol. The number of benzene rings is 2. The number of ether oxygens (including phenoxy) is 2. The summed E-state index contributed by atoms with van der Waals surface area (Å²) in [4.78, 5) is 15.3. The lowest BCUT2D eigenvalue weighted by Gasteiger charge is -2.35. The number of halogens is 1. The molecule has 31 heavy (non-hydrogen) atoms. The van der Waals surface area contributed by atoms with E-state index in [1.807, 2.05) is 60.6 Å². The molecular formula is C25H27FN2O3. The fourth-order valence-corrected chi connectivity index (χ4v) is 4.28. The fourth-order valence-electron chi connectivity index (χ4n) is 4.28. The van der Waals surface area contributed by atoms with Crippen LogP contribution in [0.1, 0.15) is 29.9 Å². The number of methoxy groups -OCH3 is 1. The van der Waals surface area contributed by atoms with Gasteiger partial charge in [0, 0.05) is 24.3 Å². The highest BCUT2D eigenvalue weighted by atomic mass is 19.1. The highest BCUT2D eigenvalue weighted by Crippen LogP contribution is 2.33. The molecule has 1 saturated heterocycles. The van der Waals surface area contributed by atoms with Crippen molar-refractivity contribution in [2.45, 2.75) is 33.0 Å². The van der Waals surface area contributed by atoms with E-state index in [1.165, 1.54) is 6.07 Å². The van der Waals surface area contributed by atoms with Gasteiger partial charge in [-0.05, 0) is 51.1 Å². The van der Waals surface area contributed by atoms with Crippen molar-refractivity contribution in [2.75, 3.05) is 20.2 Å². The normalized spacial score (nSPS) is 18.8. The Morgan fingerprint density at radius 3 is 2.45 bits per heavy atom. The molecule has 2 atom stereocenters. The minimum atomic E-state index is -0.349. The van der Waals surface area contributed by atoms with E-state index in [1.54, 1.807) is 25.3 Å². The molecule has 1 aliphatic heterocycles. The Hall–Kier alpha value is -3.12. The summed E-state index contributed by atoms with van der Waals surface area (Å²) < 4.78 is 27.8. The number of hydrogen-bond acceptors (Lipinski definition) is 3. The third-order valence-corrected chi connectivity index (χ3v) is 5.64. The molecule has 1 amide bonds. The molecule has 1 fully saturated rings. The molecule has 0 spiro atoms. The highest BCUT2D eigenvalue weighted by Gasteiger charge is 2.30. The Balaban J connectivity index is 1.86. The summed E-state index contributed by atoms with van der Waals surface area (Å²) in [7, 11) is 1.61. The third-order valence-electron chi connectivity index (χ3n) is 5.64. The van der Waals surface area contributed by atoms with Gasteiger partial charge in [0.2, 0.25) is 0 Å². The van der Waals surface area contributed by atoms with Gasteiger partial charge in [-0.3, -0.25) is 4.79 Å². The summed E-state index contributed by atoms with van der Waals surface area (Å²) in [6.45, 7) is 6.85. The lowest BCUT2D eigenvalue weighted by atomic mass is 10.1. The summed E-state index contributed by atoms with van der Waals surface area (Å²) in [6, 6.07) is 16.0. The summed E-state index contributed by atoms with van der Waals surface area (Å²) >= 11 is 0. The predicted octanol–water partition coefficient (Wildman–Crippen LogP) is 4.85. The quantitative estimate of drug-likeness (QED) is 0.604. The number of morpholine rings is 1. The van der Waals surface area contributed by atoms with E-state index in [2.05, 4.69) is 0 Å². The predicted molar refractivity (Wildman–Crippen MR) is 118 cm³/mol. The van der Waals surface area contributed by atoms with Crippen LogP contribution in [-0.2, 0) is 4.74 Å². The summed E-state index contributed by atoms with van der Waals surface area (Å²) in [5, 5.41) is 0. The van der Waals surface area contributed by atoms with Gasteiger partial charge in [-0.1, -0.05) is 24.3 Å². The maximum Gasteiger partial charge on any atom is 0.255 e. The van der Waals surface area contributed by atoms with Crippen molar-refractivity contribution >= 4 is 5.91 Å². The summed E-state index contributed by atoms with van der Waals surface area (Å²) in [5.74, 6) is 0.275. The van der Waals surface area contributed by atoms with Gasteiger partial charge in [-0.2, -0.15) is 0 Å². The SMILES string of the molecule is COc1cccc(-c2cc(C(=O)N3C[C@@H](C)O[C@@H](C)C3)c(C)n2-c2ccccc2F)c1. The van der Waals surface area contributed by atoms with Gasteiger partial charge in [-0.15, -0.1) is 0 Å². The monoisotopic (exact) mass is 422 g/mol. The maximum atomic E-state index is 14.8. The van der Waals surface area contributed by atoms with E-state index in [0.717, 1.165) is 11.3 Å². The zero-order valence-electron chi connectivity index (χ0n) is 18.3. The lowest BCUT2D eigenvalue weighted by Crippen LogP contribution is -2.48. The molecule has 0 bridgehead atoms. The van der Waals surface area contributed by atoms with Crippen LogP contribution in [-0.4, -0.2) is 47.8 Å². The molecule has 0 N–H and O–H groups in total. The maximum absolute atomic E-state index is 14.8. The first-order valence-corrected chi connectivity index (χ1v) is 10.5. The van der Waals surface area contributed by atoms with E-state index >= 15 is 0 Å². The van der Waals surface area contributed by atoms with E-state index in [9.17, 15) is 9.18 Å². The number of para-hydroxylation sites is 1. The number of carbonyl (C=O) groups excluding carboxylic acids is 1. The first-order chi connectivity index (χ1) is 14.9. The number of carbonyl (C=O) groups is 1. The van der Waals surface area contributed by atoms with Crippen LogP contribution in [0.15, 0.2) is 54.6 Å². The van der Waals surface area contributed by atoms with Gasteiger partial charge in [0.25, 0.3) is 5.91 Å². The fraction of sp³-hybridized carbons (Fsp3) is 0.320. The zero-order chi connectivity index (χ0) is 22.1. The first-order valence-electron chi connectivity index (χ1n) is 10.5. The van der Waals surface area contributed by atoms with Gasteiger partial charge < -0.3 is 18.9 Å². The molecule has 6 heteroatoms. The van der Waals surface area contributed by atoms with Crippen molar-refractivity contribution in [1.29, 1.82) is 0 Å². The number of rotatable bonds is 4. The molecule has 0 unspecified atom stereocenters. The Kier molecular flexibility index (Phi) is 5.83. The molecule has 2 heterocycles. The molecule has 4 rings (SSSR count). The van der Waals surface area contributed by atoms with Crippen LogP contribution in [0.3, 0.4) is 0 Å². The molecule has 2 aromatic carbocycles. The molecule has 0 aliphatic carbocycles. The molecule has 3 aromatic rings. The van der Waals surface area contributed by atoms with Gasteiger partial charge in [-0.25, -0.2) is 4.39 Å². The van der Waals surface area contributed by atoms with E-state index in [0.29, 0.717) is 35.8 Å². The highest BCUT2D eigenvalue weighted by molar-refractivity contribution is 5.97. The Morgan fingerprint density at radius 1 is 1.06 bits per heavy atom. The van der Waals surface area contributed by atoms with Crippen molar-refractivity contribution in [3.8, 4) is 22.7 Å². The molecule has 162 valence electrons. The minimum absolute atomic E-state index is 0.0282.